The minimum atomic E-state index is -3.47. The smallest absolute Gasteiger partial charge is 0.258 e. The number of benzene rings is 2. The van der Waals surface area contributed by atoms with Gasteiger partial charge < -0.3 is 4.52 Å². The first-order valence-electron chi connectivity index (χ1n) is 9.54. The van der Waals surface area contributed by atoms with E-state index in [0.717, 1.165) is 5.56 Å². The molecule has 9 heteroatoms. The van der Waals surface area contributed by atoms with Crippen molar-refractivity contribution in [1.82, 2.24) is 19.3 Å². The van der Waals surface area contributed by atoms with E-state index in [-0.39, 0.29) is 11.7 Å². The van der Waals surface area contributed by atoms with Crippen LogP contribution < -0.4 is 0 Å². The molecule has 0 unspecified atom stereocenters. The summed E-state index contributed by atoms with van der Waals surface area (Å²) in [5.74, 6) is 0.372. The maximum atomic E-state index is 13.4. The molecule has 2 aromatic carbocycles. The van der Waals surface area contributed by atoms with Crippen LogP contribution in [0.3, 0.4) is 0 Å². The van der Waals surface area contributed by atoms with Crippen molar-refractivity contribution in [3.8, 4) is 11.5 Å². The summed E-state index contributed by atoms with van der Waals surface area (Å²) in [5, 5.41) is 5.21. The van der Waals surface area contributed by atoms with Crippen molar-refractivity contribution in [2.24, 2.45) is 0 Å². The topological polar surface area (TPSA) is 79.5 Å². The van der Waals surface area contributed by atoms with Gasteiger partial charge in [-0.15, -0.1) is 0 Å². The second kappa shape index (κ2) is 8.86. The van der Waals surface area contributed by atoms with Gasteiger partial charge >= 0.3 is 0 Å². The molecule has 4 rings (SSSR count). The van der Waals surface area contributed by atoms with Crippen LogP contribution in [-0.4, -0.2) is 53.9 Å². The van der Waals surface area contributed by atoms with Crippen molar-refractivity contribution < 1.29 is 17.3 Å². The van der Waals surface area contributed by atoms with Crippen LogP contribution in [0.2, 0.25) is 0 Å². The highest BCUT2D eigenvalue weighted by molar-refractivity contribution is 7.92. The van der Waals surface area contributed by atoms with Gasteiger partial charge in [-0.25, -0.2) is 12.8 Å². The van der Waals surface area contributed by atoms with Crippen LogP contribution in [0.1, 0.15) is 11.4 Å². The van der Waals surface area contributed by atoms with E-state index in [1.807, 2.05) is 30.3 Å². The summed E-state index contributed by atoms with van der Waals surface area (Å²) in [5.41, 5.74) is 1.36. The summed E-state index contributed by atoms with van der Waals surface area (Å²) in [4.78, 5) is 6.38. The predicted molar refractivity (Wildman–Crippen MR) is 111 cm³/mol. The monoisotopic (exact) mass is 428 g/mol. The largest absolute Gasteiger partial charge is 0.334 e. The summed E-state index contributed by atoms with van der Waals surface area (Å²) in [6, 6.07) is 15.3. The van der Waals surface area contributed by atoms with Crippen molar-refractivity contribution in [3.05, 3.63) is 77.2 Å². The first kappa shape index (κ1) is 20.4. The Morgan fingerprint density at radius 1 is 1.03 bits per heavy atom. The van der Waals surface area contributed by atoms with E-state index in [1.54, 1.807) is 18.2 Å². The van der Waals surface area contributed by atoms with Crippen molar-refractivity contribution in [1.29, 1.82) is 0 Å². The second-order valence-corrected chi connectivity index (χ2v) is 8.78. The van der Waals surface area contributed by atoms with Crippen LogP contribution in [0.15, 0.2) is 64.5 Å². The fraction of sp³-hybridized carbons (Fsp3) is 0.238. The number of hydrogen-bond donors (Lipinski definition) is 0. The third-order valence-electron chi connectivity index (χ3n) is 4.83. The van der Waals surface area contributed by atoms with E-state index in [0.29, 0.717) is 44.1 Å². The maximum absolute atomic E-state index is 13.4. The number of nitrogens with zero attached hydrogens (tertiary/aromatic N) is 4. The lowest BCUT2D eigenvalue weighted by Gasteiger charge is -2.32. The molecule has 1 fully saturated rings. The lowest BCUT2D eigenvalue weighted by molar-refractivity contribution is 0.177. The van der Waals surface area contributed by atoms with Crippen molar-refractivity contribution in [2.45, 2.75) is 6.54 Å². The van der Waals surface area contributed by atoms with Gasteiger partial charge in [0, 0.05) is 37.2 Å². The van der Waals surface area contributed by atoms with Gasteiger partial charge in [0.05, 0.1) is 6.54 Å². The van der Waals surface area contributed by atoms with E-state index < -0.39 is 10.0 Å². The Bertz CT molecular complexity index is 1120. The van der Waals surface area contributed by atoms with E-state index >= 15 is 0 Å². The number of piperazine rings is 1. The first-order chi connectivity index (χ1) is 14.5. The Hall–Kier alpha value is -2.88. The summed E-state index contributed by atoms with van der Waals surface area (Å²) in [6.45, 7) is 2.32. The van der Waals surface area contributed by atoms with Gasteiger partial charge in [0.2, 0.25) is 10.0 Å². The van der Waals surface area contributed by atoms with Crippen LogP contribution in [0.4, 0.5) is 4.39 Å². The van der Waals surface area contributed by atoms with Crippen LogP contribution in [-0.2, 0) is 16.6 Å². The molecule has 156 valence electrons. The van der Waals surface area contributed by atoms with Gasteiger partial charge in [-0.05, 0) is 29.8 Å². The molecule has 3 aromatic rings. The van der Waals surface area contributed by atoms with E-state index in [9.17, 15) is 12.8 Å². The molecule has 0 aliphatic carbocycles. The minimum Gasteiger partial charge on any atom is -0.334 e. The number of hydrogen-bond acceptors (Lipinski definition) is 6. The third kappa shape index (κ3) is 4.99. The van der Waals surface area contributed by atoms with Crippen LogP contribution in [0, 0.1) is 5.82 Å². The molecule has 1 aliphatic heterocycles. The molecule has 0 spiro atoms. The quantitative estimate of drug-likeness (QED) is 0.601. The first-order valence-corrected chi connectivity index (χ1v) is 11.0. The summed E-state index contributed by atoms with van der Waals surface area (Å²) >= 11 is 0. The van der Waals surface area contributed by atoms with Crippen molar-refractivity contribution in [3.63, 3.8) is 0 Å². The molecule has 30 heavy (non-hydrogen) atoms. The van der Waals surface area contributed by atoms with Crippen LogP contribution in [0.25, 0.3) is 17.5 Å². The molecule has 1 aliphatic rings. The molecular formula is C21H21FN4O3S. The molecule has 7 nitrogen and oxygen atoms in total. The number of sulfonamides is 1. The zero-order valence-corrected chi connectivity index (χ0v) is 17.0. The standard InChI is InChI=1S/C21H21FN4O3S/c22-19-8-4-7-18(15-19)21-23-20(24-29-21)16-25-10-12-26(13-11-25)30(27,28)14-9-17-5-2-1-3-6-17/h1-9,14-15H,10-13,16H2/b14-9+. The highest BCUT2D eigenvalue weighted by Gasteiger charge is 2.26. The average molecular weight is 428 g/mol. The Kier molecular flexibility index (Phi) is 6.03. The fourth-order valence-corrected chi connectivity index (χ4v) is 4.39. The molecule has 0 atom stereocenters. The zero-order valence-electron chi connectivity index (χ0n) is 16.2. The maximum Gasteiger partial charge on any atom is 0.258 e. The number of aromatic nitrogens is 2. The lowest BCUT2D eigenvalue weighted by atomic mass is 10.2. The van der Waals surface area contributed by atoms with Gasteiger partial charge in [0.15, 0.2) is 5.82 Å². The van der Waals surface area contributed by atoms with E-state index in [2.05, 4.69) is 15.0 Å². The average Bonchev–Trinajstić information content (AvgIpc) is 3.22. The van der Waals surface area contributed by atoms with Gasteiger partial charge in [0.1, 0.15) is 5.82 Å². The number of rotatable bonds is 6. The lowest BCUT2D eigenvalue weighted by Crippen LogP contribution is -2.47. The van der Waals surface area contributed by atoms with Gasteiger partial charge in [-0.3, -0.25) is 4.90 Å². The van der Waals surface area contributed by atoms with Crippen molar-refractivity contribution >= 4 is 16.1 Å². The SMILES string of the molecule is O=S(=O)(/C=C/c1ccccc1)N1CCN(Cc2noc(-c3cccc(F)c3)n2)CC1. The Balaban J connectivity index is 1.33. The summed E-state index contributed by atoms with van der Waals surface area (Å²) < 4.78 is 45.2. The molecule has 0 bridgehead atoms. The summed E-state index contributed by atoms with van der Waals surface area (Å²) in [7, 11) is -3.47. The van der Waals surface area contributed by atoms with Crippen LogP contribution >= 0.6 is 0 Å². The third-order valence-corrected chi connectivity index (χ3v) is 6.39. The summed E-state index contributed by atoms with van der Waals surface area (Å²) in [6.07, 6.45) is 1.61. The molecule has 2 heterocycles. The van der Waals surface area contributed by atoms with E-state index in [1.165, 1.54) is 21.8 Å². The van der Waals surface area contributed by atoms with E-state index in [4.69, 9.17) is 4.52 Å². The molecule has 1 aromatic heterocycles. The fourth-order valence-electron chi connectivity index (χ4n) is 3.21. The molecule has 0 N–H and O–H groups in total. The Labute approximate surface area is 174 Å². The predicted octanol–water partition coefficient (Wildman–Crippen LogP) is 2.99. The number of halogens is 1. The highest BCUT2D eigenvalue weighted by Crippen LogP contribution is 2.19. The molecular weight excluding hydrogens is 407 g/mol. The highest BCUT2D eigenvalue weighted by atomic mass is 32.2. The van der Waals surface area contributed by atoms with Crippen molar-refractivity contribution in [2.75, 3.05) is 26.2 Å². The van der Waals surface area contributed by atoms with Gasteiger partial charge in [-0.2, -0.15) is 9.29 Å². The molecule has 0 amide bonds. The molecule has 0 saturated carbocycles. The van der Waals surface area contributed by atoms with Crippen LogP contribution in [0.5, 0.6) is 0 Å². The minimum absolute atomic E-state index is 0.261. The Morgan fingerprint density at radius 3 is 2.53 bits per heavy atom. The van der Waals surface area contributed by atoms with Gasteiger partial charge in [-0.1, -0.05) is 41.6 Å². The second-order valence-electron chi connectivity index (χ2n) is 6.96. The molecule has 0 radical (unpaired) electrons. The normalized spacial score (nSPS) is 16.3. The Morgan fingerprint density at radius 2 is 1.80 bits per heavy atom. The zero-order chi connectivity index (χ0) is 21.0. The molecule has 1 saturated heterocycles. The van der Waals surface area contributed by atoms with Gasteiger partial charge in [0.25, 0.3) is 5.89 Å².